The van der Waals surface area contributed by atoms with Crippen LogP contribution in [0.25, 0.3) is 0 Å². The van der Waals surface area contributed by atoms with Crippen molar-refractivity contribution >= 4 is 23.4 Å². The van der Waals surface area contributed by atoms with E-state index in [-0.39, 0.29) is 30.2 Å². The summed E-state index contributed by atoms with van der Waals surface area (Å²) in [5.74, 6) is -0.403. The van der Waals surface area contributed by atoms with Gasteiger partial charge in [-0.05, 0) is 24.1 Å². The molecule has 0 radical (unpaired) electrons. The third kappa shape index (κ3) is 4.20. The van der Waals surface area contributed by atoms with Crippen molar-refractivity contribution in [1.29, 1.82) is 0 Å². The van der Waals surface area contributed by atoms with Gasteiger partial charge < -0.3 is 10.2 Å². The first-order valence-corrected chi connectivity index (χ1v) is 8.79. The summed E-state index contributed by atoms with van der Waals surface area (Å²) >= 11 is 6.17. The van der Waals surface area contributed by atoms with Crippen LogP contribution in [0.2, 0.25) is 5.02 Å². The smallest absolute Gasteiger partial charge is 0.225 e. The quantitative estimate of drug-likeness (QED) is 0.890. The molecule has 1 heterocycles. The number of rotatable bonds is 5. The normalized spacial score (nSPS) is 18.2. The van der Waals surface area contributed by atoms with Crippen LogP contribution < -0.4 is 5.32 Å². The van der Waals surface area contributed by atoms with Crippen LogP contribution in [0.4, 0.5) is 0 Å². The maximum absolute atomic E-state index is 12.5. The molecule has 2 aromatic rings. The molecule has 130 valence electrons. The molecule has 3 rings (SSSR count). The summed E-state index contributed by atoms with van der Waals surface area (Å²) in [6, 6.07) is 17.2. The summed E-state index contributed by atoms with van der Waals surface area (Å²) in [6.07, 6.45) is 0.248. The topological polar surface area (TPSA) is 49.4 Å². The van der Waals surface area contributed by atoms with Crippen LogP contribution >= 0.6 is 11.6 Å². The van der Waals surface area contributed by atoms with Crippen LogP contribution in [-0.4, -0.2) is 23.3 Å². The molecule has 1 N–H and O–H groups in total. The van der Waals surface area contributed by atoms with Gasteiger partial charge >= 0.3 is 0 Å². The Morgan fingerprint density at radius 3 is 2.60 bits per heavy atom. The maximum Gasteiger partial charge on any atom is 0.225 e. The first kappa shape index (κ1) is 17.5. The van der Waals surface area contributed by atoms with Crippen molar-refractivity contribution in [2.75, 3.05) is 6.54 Å². The molecule has 25 heavy (non-hydrogen) atoms. The van der Waals surface area contributed by atoms with E-state index in [9.17, 15) is 9.59 Å². The van der Waals surface area contributed by atoms with E-state index in [2.05, 4.69) is 5.32 Å². The molecule has 1 saturated heterocycles. The van der Waals surface area contributed by atoms with E-state index >= 15 is 0 Å². The molecule has 0 saturated carbocycles. The molecular formula is C20H21ClN2O2. The zero-order chi connectivity index (χ0) is 17.8. The van der Waals surface area contributed by atoms with E-state index in [4.69, 9.17) is 11.6 Å². The van der Waals surface area contributed by atoms with Crippen molar-refractivity contribution < 1.29 is 9.59 Å². The second kappa shape index (κ2) is 7.70. The average molecular weight is 357 g/mol. The highest BCUT2D eigenvalue weighted by Crippen LogP contribution is 2.24. The Bertz CT molecular complexity index is 763. The van der Waals surface area contributed by atoms with Gasteiger partial charge in [0.2, 0.25) is 11.8 Å². The number of halogens is 1. The number of benzene rings is 2. The fourth-order valence-corrected chi connectivity index (χ4v) is 3.28. The van der Waals surface area contributed by atoms with Crippen molar-refractivity contribution in [1.82, 2.24) is 10.2 Å². The molecule has 2 atom stereocenters. The largest absolute Gasteiger partial charge is 0.349 e. The molecule has 0 bridgehead atoms. The monoisotopic (exact) mass is 356 g/mol. The van der Waals surface area contributed by atoms with Crippen molar-refractivity contribution in [3.05, 3.63) is 70.7 Å². The van der Waals surface area contributed by atoms with Crippen LogP contribution in [0, 0.1) is 5.92 Å². The lowest BCUT2D eigenvalue weighted by Gasteiger charge is -2.19. The summed E-state index contributed by atoms with van der Waals surface area (Å²) < 4.78 is 0. The van der Waals surface area contributed by atoms with Gasteiger partial charge in [0.25, 0.3) is 0 Å². The molecule has 1 fully saturated rings. The minimum atomic E-state index is -0.318. The molecular weight excluding hydrogens is 336 g/mol. The van der Waals surface area contributed by atoms with E-state index in [1.807, 2.05) is 61.5 Å². The lowest BCUT2D eigenvalue weighted by atomic mass is 10.1. The van der Waals surface area contributed by atoms with Gasteiger partial charge in [0.1, 0.15) is 0 Å². The fourth-order valence-electron chi connectivity index (χ4n) is 3.09. The number of nitrogens with one attached hydrogen (secondary N) is 1. The molecule has 0 spiro atoms. The molecule has 4 nitrogen and oxygen atoms in total. The number of amides is 2. The lowest BCUT2D eigenvalue weighted by molar-refractivity contribution is -0.129. The zero-order valence-corrected chi connectivity index (χ0v) is 14.9. The molecule has 2 aromatic carbocycles. The number of hydrogen-bond donors (Lipinski definition) is 1. The Morgan fingerprint density at radius 2 is 1.88 bits per heavy atom. The number of carbonyl (C=O) groups is 2. The summed E-state index contributed by atoms with van der Waals surface area (Å²) in [5.41, 5.74) is 1.95. The molecule has 0 aliphatic carbocycles. The average Bonchev–Trinajstić information content (AvgIpc) is 2.98. The first-order chi connectivity index (χ1) is 12.0. The van der Waals surface area contributed by atoms with Crippen LogP contribution in [0.1, 0.15) is 30.5 Å². The SMILES string of the molecule is CC(NC(=O)C1CC(=O)N(Cc2ccccc2Cl)C1)c1ccccc1. The number of carbonyl (C=O) groups excluding carboxylic acids is 2. The van der Waals surface area contributed by atoms with Crippen molar-refractivity contribution in [3.63, 3.8) is 0 Å². The number of likely N-dealkylation sites (tertiary alicyclic amines) is 1. The van der Waals surface area contributed by atoms with E-state index in [0.717, 1.165) is 11.1 Å². The summed E-state index contributed by atoms with van der Waals surface area (Å²) in [4.78, 5) is 26.5. The Kier molecular flexibility index (Phi) is 5.39. The molecule has 0 aromatic heterocycles. The van der Waals surface area contributed by atoms with Gasteiger partial charge in [-0.1, -0.05) is 60.1 Å². The van der Waals surface area contributed by atoms with E-state index in [0.29, 0.717) is 18.1 Å². The second-order valence-corrected chi connectivity index (χ2v) is 6.81. The van der Waals surface area contributed by atoms with Gasteiger partial charge in [-0.15, -0.1) is 0 Å². The standard InChI is InChI=1S/C20H21ClN2O2/c1-14(15-7-3-2-4-8-15)22-20(25)17-11-19(24)23(13-17)12-16-9-5-6-10-18(16)21/h2-10,14,17H,11-13H2,1H3,(H,22,25). The van der Waals surface area contributed by atoms with E-state index in [1.54, 1.807) is 4.90 Å². The number of nitrogens with zero attached hydrogens (tertiary/aromatic N) is 1. The van der Waals surface area contributed by atoms with Gasteiger partial charge in [-0.25, -0.2) is 0 Å². The molecule has 2 unspecified atom stereocenters. The number of hydrogen-bond acceptors (Lipinski definition) is 2. The third-order valence-electron chi connectivity index (χ3n) is 4.56. The molecule has 1 aliphatic heterocycles. The minimum absolute atomic E-state index is 0.00701. The second-order valence-electron chi connectivity index (χ2n) is 6.41. The van der Waals surface area contributed by atoms with Gasteiger partial charge in [0.05, 0.1) is 12.0 Å². The highest BCUT2D eigenvalue weighted by molar-refractivity contribution is 6.31. The van der Waals surface area contributed by atoms with E-state index in [1.165, 1.54) is 0 Å². The van der Waals surface area contributed by atoms with Crippen LogP contribution in [0.15, 0.2) is 54.6 Å². The maximum atomic E-state index is 12.5. The van der Waals surface area contributed by atoms with Crippen LogP contribution in [0.3, 0.4) is 0 Å². The Hall–Kier alpha value is -2.33. The first-order valence-electron chi connectivity index (χ1n) is 8.41. The lowest BCUT2D eigenvalue weighted by Crippen LogP contribution is -2.34. The Balaban J connectivity index is 1.60. The molecule has 2 amide bonds. The van der Waals surface area contributed by atoms with Gasteiger partial charge in [-0.3, -0.25) is 9.59 Å². The fraction of sp³-hybridized carbons (Fsp3) is 0.300. The predicted octanol–water partition coefficient (Wildman–Crippen LogP) is 3.57. The highest BCUT2D eigenvalue weighted by Gasteiger charge is 2.34. The Morgan fingerprint density at radius 1 is 1.20 bits per heavy atom. The Labute approximate surface area is 152 Å². The van der Waals surface area contributed by atoms with Gasteiger partial charge in [0, 0.05) is 24.5 Å². The highest BCUT2D eigenvalue weighted by atomic mass is 35.5. The molecule has 1 aliphatic rings. The summed E-state index contributed by atoms with van der Waals surface area (Å²) in [5, 5.41) is 3.65. The third-order valence-corrected chi connectivity index (χ3v) is 4.93. The summed E-state index contributed by atoms with van der Waals surface area (Å²) in [7, 11) is 0. The zero-order valence-electron chi connectivity index (χ0n) is 14.1. The summed E-state index contributed by atoms with van der Waals surface area (Å²) in [6.45, 7) is 2.82. The predicted molar refractivity (Wildman–Crippen MR) is 98.0 cm³/mol. The van der Waals surface area contributed by atoms with Gasteiger partial charge in [0.15, 0.2) is 0 Å². The minimum Gasteiger partial charge on any atom is -0.349 e. The van der Waals surface area contributed by atoms with Crippen molar-refractivity contribution in [3.8, 4) is 0 Å². The van der Waals surface area contributed by atoms with Crippen molar-refractivity contribution in [2.45, 2.75) is 25.9 Å². The van der Waals surface area contributed by atoms with E-state index < -0.39 is 0 Å². The molecule has 5 heteroatoms. The van der Waals surface area contributed by atoms with Crippen molar-refractivity contribution in [2.24, 2.45) is 5.92 Å². The van der Waals surface area contributed by atoms with Crippen LogP contribution in [-0.2, 0) is 16.1 Å². The van der Waals surface area contributed by atoms with Crippen LogP contribution in [0.5, 0.6) is 0 Å². The van der Waals surface area contributed by atoms with Gasteiger partial charge in [-0.2, -0.15) is 0 Å².